The smallest absolute Gasteiger partial charge is 0.308 e. The fraction of sp³-hybridized carbons (Fsp3) is 0.950. The Balaban J connectivity index is 4.48. The van der Waals surface area contributed by atoms with Crippen LogP contribution in [-0.2, 0) is 28.6 Å². The van der Waals surface area contributed by atoms with E-state index in [4.69, 9.17) is 14.2 Å². The summed E-state index contributed by atoms with van der Waals surface area (Å²) in [5, 5.41) is 0. The molecule has 3 unspecified atom stereocenters. The fourth-order valence-corrected chi connectivity index (χ4v) is 9.59. The highest BCUT2D eigenvalue weighted by atomic mass is 16.5. The van der Waals surface area contributed by atoms with Gasteiger partial charge in [0.2, 0.25) is 0 Å². The maximum Gasteiger partial charge on any atom is 0.308 e. The third-order valence-electron chi connectivity index (χ3n) is 14.2. The van der Waals surface area contributed by atoms with Gasteiger partial charge in [0.05, 0.1) is 25.0 Å². The number of carbonyl (C=O) groups excluding carboxylic acids is 3. The maximum absolute atomic E-state index is 13.1. The summed E-state index contributed by atoms with van der Waals surface area (Å²) in [7, 11) is 4.16. The van der Waals surface area contributed by atoms with Crippen molar-refractivity contribution in [1.82, 2.24) is 4.90 Å². The van der Waals surface area contributed by atoms with Gasteiger partial charge in [-0.15, -0.1) is 0 Å². The van der Waals surface area contributed by atoms with Crippen molar-refractivity contribution in [2.45, 2.75) is 323 Å². The summed E-state index contributed by atoms with van der Waals surface area (Å²) in [5.74, 6) is 0.275. The molecule has 0 bridgehead atoms. The lowest BCUT2D eigenvalue weighted by Gasteiger charge is -2.18. The predicted octanol–water partition coefficient (Wildman–Crippen LogP) is 18.4. The molecule has 398 valence electrons. The number of rotatable bonds is 54. The Hall–Kier alpha value is -1.63. The molecule has 0 radical (unpaired) electrons. The summed E-state index contributed by atoms with van der Waals surface area (Å²) in [5.41, 5.74) is 0. The highest BCUT2D eigenvalue weighted by Crippen LogP contribution is 2.24. The molecule has 0 aromatic heterocycles. The molecular formula is C60H117NO6. The SMILES string of the molecule is CCCCCCCCCC(CCCCCCC)C(=O)OCCCCCCCCCC(CCCCCCCCCOC(=O)C(CCCCCC)CCCCCCCC)OC(=O)CCCCN(C)C. The minimum Gasteiger partial charge on any atom is -0.465 e. The van der Waals surface area contributed by atoms with Gasteiger partial charge >= 0.3 is 17.9 Å². The number of esters is 3. The van der Waals surface area contributed by atoms with Crippen molar-refractivity contribution < 1.29 is 28.6 Å². The first-order valence-electron chi connectivity index (χ1n) is 30.0. The molecular weight excluding hydrogens is 831 g/mol. The van der Waals surface area contributed by atoms with Gasteiger partial charge in [-0.2, -0.15) is 0 Å². The molecule has 0 heterocycles. The van der Waals surface area contributed by atoms with Gasteiger partial charge in [0.25, 0.3) is 0 Å². The van der Waals surface area contributed by atoms with Gasteiger partial charge in [0, 0.05) is 6.42 Å². The van der Waals surface area contributed by atoms with Crippen LogP contribution in [0.5, 0.6) is 0 Å². The fourth-order valence-electron chi connectivity index (χ4n) is 9.59. The van der Waals surface area contributed by atoms with Crippen molar-refractivity contribution in [2.75, 3.05) is 33.9 Å². The van der Waals surface area contributed by atoms with Crippen LogP contribution >= 0.6 is 0 Å². The Morgan fingerprint density at radius 1 is 0.343 bits per heavy atom. The Morgan fingerprint density at radius 2 is 0.627 bits per heavy atom. The Bertz CT molecular complexity index is 1050. The highest BCUT2D eigenvalue weighted by Gasteiger charge is 2.21. The molecule has 0 N–H and O–H groups in total. The molecule has 0 spiro atoms. The molecule has 0 saturated heterocycles. The zero-order valence-corrected chi connectivity index (χ0v) is 46.1. The van der Waals surface area contributed by atoms with E-state index in [0.717, 1.165) is 122 Å². The Labute approximate surface area is 418 Å². The van der Waals surface area contributed by atoms with Gasteiger partial charge in [-0.25, -0.2) is 0 Å². The molecule has 0 aromatic carbocycles. The molecule has 0 saturated carbocycles. The number of carbonyl (C=O) groups is 3. The van der Waals surface area contributed by atoms with Gasteiger partial charge in [0.15, 0.2) is 0 Å². The van der Waals surface area contributed by atoms with Crippen molar-refractivity contribution >= 4 is 17.9 Å². The molecule has 7 heteroatoms. The number of hydrogen-bond donors (Lipinski definition) is 0. The van der Waals surface area contributed by atoms with Gasteiger partial charge in [0.1, 0.15) is 6.10 Å². The maximum atomic E-state index is 13.1. The van der Waals surface area contributed by atoms with Gasteiger partial charge in [-0.05, 0) is 97.7 Å². The van der Waals surface area contributed by atoms with Crippen LogP contribution in [0.25, 0.3) is 0 Å². The average molecular weight is 949 g/mol. The second kappa shape index (κ2) is 52.2. The Morgan fingerprint density at radius 3 is 0.955 bits per heavy atom. The zero-order valence-electron chi connectivity index (χ0n) is 46.1. The van der Waals surface area contributed by atoms with Crippen molar-refractivity contribution in [3.05, 3.63) is 0 Å². The molecule has 0 aliphatic rings. The predicted molar refractivity (Wildman–Crippen MR) is 288 cm³/mol. The quantitative estimate of drug-likeness (QED) is 0.0341. The van der Waals surface area contributed by atoms with E-state index in [2.05, 4.69) is 46.7 Å². The number of ether oxygens (including phenoxy) is 3. The summed E-state index contributed by atoms with van der Waals surface area (Å²) in [6.07, 6.45) is 52.0. The third kappa shape index (κ3) is 46.5. The first-order chi connectivity index (χ1) is 32.8. The monoisotopic (exact) mass is 948 g/mol. The lowest BCUT2D eigenvalue weighted by atomic mass is 9.94. The van der Waals surface area contributed by atoms with Crippen LogP contribution < -0.4 is 0 Å². The standard InChI is InChI=1S/C60H117NO6/c1-7-11-15-19-23-30-38-48-56(46-36-28-17-13-9-3)60(64)66-54-44-34-27-22-25-32-40-50-57(67-58(62)51-41-42-52-61(5)6)49-39-31-24-21-26-33-43-53-65-59(63)55(45-35-18-14-10-4)47-37-29-20-16-12-8-2/h55-57H,7-54H2,1-6H3. The lowest BCUT2D eigenvalue weighted by molar-refractivity contribution is -0.150. The molecule has 67 heavy (non-hydrogen) atoms. The molecule has 0 aliphatic heterocycles. The van der Waals surface area contributed by atoms with Gasteiger partial charge in [-0.1, -0.05) is 233 Å². The summed E-state index contributed by atoms with van der Waals surface area (Å²) in [6.45, 7) is 11.2. The van der Waals surface area contributed by atoms with Crippen LogP contribution in [0.4, 0.5) is 0 Å². The van der Waals surface area contributed by atoms with E-state index in [1.165, 1.54) is 167 Å². The second-order valence-corrected chi connectivity index (χ2v) is 21.1. The number of hydrogen-bond acceptors (Lipinski definition) is 7. The largest absolute Gasteiger partial charge is 0.465 e. The van der Waals surface area contributed by atoms with E-state index in [9.17, 15) is 14.4 Å². The molecule has 0 aliphatic carbocycles. The van der Waals surface area contributed by atoms with Crippen LogP contribution in [0.2, 0.25) is 0 Å². The van der Waals surface area contributed by atoms with E-state index in [1.807, 2.05) is 0 Å². The molecule has 0 amide bonds. The topological polar surface area (TPSA) is 82.1 Å². The van der Waals surface area contributed by atoms with Crippen molar-refractivity contribution in [3.8, 4) is 0 Å². The van der Waals surface area contributed by atoms with E-state index >= 15 is 0 Å². The molecule has 0 fully saturated rings. The van der Waals surface area contributed by atoms with E-state index in [1.54, 1.807) is 0 Å². The second-order valence-electron chi connectivity index (χ2n) is 21.1. The molecule has 3 atom stereocenters. The van der Waals surface area contributed by atoms with Gasteiger partial charge < -0.3 is 19.1 Å². The van der Waals surface area contributed by atoms with Crippen molar-refractivity contribution in [3.63, 3.8) is 0 Å². The van der Waals surface area contributed by atoms with Crippen molar-refractivity contribution in [2.24, 2.45) is 11.8 Å². The lowest BCUT2D eigenvalue weighted by Crippen LogP contribution is -2.19. The summed E-state index contributed by atoms with van der Waals surface area (Å²) < 4.78 is 17.8. The highest BCUT2D eigenvalue weighted by molar-refractivity contribution is 5.72. The Kier molecular flexibility index (Phi) is 50.9. The first kappa shape index (κ1) is 65.4. The van der Waals surface area contributed by atoms with Crippen molar-refractivity contribution in [1.29, 1.82) is 0 Å². The summed E-state index contributed by atoms with van der Waals surface area (Å²) in [6, 6.07) is 0. The van der Waals surface area contributed by atoms with Crippen LogP contribution in [-0.4, -0.2) is 62.8 Å². The van der Waals surface area contributed by atoms with E-state index in [0.29, 0.717) is 19.6 Å². The van der Waals surface area contributed by atoms with Crippen LogP contribution in [0, 0.1) is 11.8 Å². The van der Waals surface area contributed by atoms with Gasteiger partial charge in [-0.3, -0.25) is 14.4 Å². The number of unbranched alkanes of at least 4 members (excludes halogenated alkanes) is 31. The number of nitrogens with zero attached hydrogens (tertiary/aromatic N) is 1. The minimum absolute atomic E-state index is 0.0218. The first-order valence-corrected chi connectivity index (χ1v) is 30.0. The molecule has 0 rings (SSSR count). The minimum atomic E-state index is -0.0218. The van der Waals surface area contributed by atoms with Crippen LogP contribution in [0.1, 0.15) is 317 Å². The summed E-state index contributed by atoms with van der Waals surface area (Å²) >= 11 is 0. The van der Waals surface area contributed by atoms with Crippen LogP contribution in [0.15, 0.2) is 0 Å². The van der Waals surface area contributed by atoms with E-state index < -0.39 is 0 Å². The normalized spacial score (nSPS) is 12.9. The average Bonchev–Trinajstić information content (AvgIpc) is 3.31. The van der Waals surface area contributed by atoms with Crippen LogP contribution in [0.3, 0.4) is 0 Å². The third-order valence-corrected chi connectivity index (χ3v) is 14.2. The molecule has 7 nitrogen and oxygen atoms in total. The van der Waals surface area contributed by atoms with E-state index in [-0.39, 0.29) is 35.8 Å². The summed E-state index contributed by atoms with van der Waals surface area (Å²) in [4.78, 5) is 41.1. The zero-order chi connectivity index (χ0) is 49.1. The molecule has 0 aromatic rings.